The summed E-state index contributed by atoms with van der Waals surface area (Å²) in [6, 6.07) is 9.75. The fraction of sp³-hybridized carbons (Fsp3) is 0.294. The van der Waals surface area contributed by atoms with Crippen LogP contribution in [0.15, 0.2) is 36.9 Å². The fourth-order valence-electron chi connectivity index (χ4n) is 2.51. The number of aromatic nitrogens is 4. The van der Waals surface area contributed by atoms with Crippen LogP contribution in [-0.4, -0.2) is 25.1 Å². The van der Waals surface area contributed by atoms with E-state index in [-0.39, 0.29) is 5.60 Å². The minimum Gasteiger partial charge on any atom is -0.470 e. The Morgan fingerprint density at radius 3 is 2.87 bits per heavy atom. The molecule has 6 heteroatoms. The van der Waals surface area contributed by atoms with E-state index in [1.807, 2.05) is 28.8 Å². The van der Waals surface area contributed by atoms with Gasteiger partial charge in [-0.15, -0.1) is 0 Å². The molecule has 0 spiro atoms. The molecule has 0 bridgehead atoms. The molecule has 0 saturated heterocycles. The summed E-state index contributed by atoms with van der Waals surface area (Å²) >= 11 is 0. The summed E-state index contributed by atoms with van der Waals surface area (Å²) in [6.45, 7) is 2.61. The van der Waals surface area contributed by atoms with Gasteiger partial charge in [0.1, 0.15) is 11.9 Å². The topological polar surface area (TPSA) is 76.6 Å². The van der Waals surface area contributed by atoms with Crippen molar-refractivity contribution in [2.45, 2.75) is 31.9 Å². The first-order chi connectivity index (χ1) is 11.2. The van der Waals surface area contributed by atoms with E-state index in [0.717, 1.165) is 18.4 Å². The van der Waals surface area contributed by atoms with Gasteiger partial charge in [-0.1, -0.05) is 18.2 Å². The maximum absolute atomic E-state index is 9.22. The first kappa shape index (κ1) is 13.7. The van der Waals surface area contributed by atoms with Crippen molar-refractivity contribution in [1.29, 1.82) is 5.26 Å². The Kier molecular flexibility index (Phi) is 3.01. The van der Waals surface area contributed by atoms with E-state index in [0.29, 0.717) is 29.2 Å². The van der Waals surface area contributed by atoms with Gasteiger partial charge in [0.2, 0.25) is 5.88 Å². The van der Waals surface area contributed by atoms with Crippen molar-refractivity contribution in [2.75, 3.05) is 0 Å². The van der Waals surface area contributed by atoms with Crippen LogP contribution in [-0.2, 0) is 6.54 Å². The minimum atomic E-state index is -0.113. The van der Waals surface area contributed by atoms with Crippen molar-refractivity contribution in [3.8, 4) is 11.9 Å². The molecule has 1 aliphatic rings. The maximum Gasteiger partial charge on any atom is 0.245 e. The van der Waals surface area contributed by atoms with Gasteiger partial charge in [0, 0.05) is 0 Å². The average Bonchev–Trinajstić information content (AvgIpc) is 3.15. The third-order valence-corrected chi connectivity index (χ3v) is 4.14. The molecule has 1 aromatic carbocycles. The predicted molar refractivity (Wildman–Crippen MR) is 83.8 cm³/mol. The number of hydrogen-bond acceptors (Lipinski definition) is 5. The second-order valence-corrected chi connectivity index (χ2v) is 6.04. The number of rotatable bonds is 4. The van der Waals surface area contributed by atoms with Crippen LogP contribution in [0.5, 0.6) is 5.88 Å². The van der Waals surface area contributed by atoms with Crippen LogP contribution in [0, 0.1) is 11.3 Å². The molecule has 3 aromatic rings. The zero-order valence-electron chi connectivity index (χ0n) is 12.7. The van der Waals surface area contributed by atoms with Crippen molar-refractivity contribution in [2.24, 2.45) is 0 Å². The van der Waals surface area contributed by atoms with Gasteiger partial charge in [-0.2, -0.15) is 10.2 Å². The SMILES string of the molecule is CC1(Oc2ncnc3c2ncn3Cc2ccccc2C#N)CC1. The summed E-state index contributed by atoms with van der Waals surface area (Å²) in [4.78, 5) is 13.0. The molecule has 0 N–H and O–H groups in total. The molecule has 1 fully saturated rings. The molecule has 0 radical (unpaired) electrons. The number of benzene rings is 1. The summed E-state index contributed by atoms with van der Waals surface area (Å²) in [5, 5.41) is 9.22. The maximum atomic E-state index is 9.22. The van der Waals surface area contributed by atoms with E-state index < -0.39 is 0 Å². The van der Waals surface area contributed by atoms with Crippen LogP contribution in [0.3, 0.4) is 0 Å². The third kappa shape index (κ3) is 2.50. The lowest BCUT2D eigenvalue weighted by Crippen LogP contribution is -2.13. The van der Waals surface area contributed by atoms with E-state index >= 15 is 0 Å². The molecule has 23 heavy (non-hydrogen) atoms. The highest BCUT2D eigenvalue weighted by molar-refractivity contribution is 5.76. The first-order valence-corrected chi connectivity index (χ1v) is 7.51. The summed E-state index contributed by atoms with van der Waals surface area (Å²) in [7, 11) is 0. The van der Waals surface area contributed by atoms with Gasteiger partial charge < -0.3 is 9.30 Å². The average molecular weight is 305 g/mol. The Bertz CT molecular complexity index is 920. The van der Waals surface area contributed by atoms with E-state index in [2.05, 4.69) is 27.9 Å². The first-order valence-electron chi connectivity index (χ1n) is 7.51. The second kappa shape index (κ2) is 5.06. The zero-order chi connectivity index (χ0) is 15.9. The molecular formula is C17H15N5O. The molecular weight excluding hydrogens is 290 g/mol. The highest BCUT2D eigenvalue weighted by Gasteiger charge is 2.41. The summed E-state index contributed by atoms with van der Waals surface area (Å²) in [6.07, 6.45) is 5.29. The molecule has 1 aliphatic carbocycles. The number of imidazole rings is 1. The lowest BCUT2D eigenvalue weighted by atomic mass is 10.1. The molecule has 0 unspecified atom stereocenters. The van der Waals surface area contributed by atoms with Gasteiger partial charge in [-0.3, -0.25) is 0 Å². The molecule has 0 atom stereocenters. The highest BCUT2D eigenvalue weighted by Crippen LogP contribution is 2.40. The standard InChI is InChI=1S/C17H15N5O/c1-17(6-7-17)23-16-14-15(19-10-20-16)22(11-21-14)9-13-5-3-2-4-12(13)8-18/h2-5,10-11H,6-7,9H2,1H3. The van der Waals surface area contributed by atoms with E-state index in [1.54, 1.807) is 6.33 Å². The second-order valence-electron chi connectivity index (χ2n) is 6.04. The highest BCUT2D eigenvalue weighted by atomic mass is 16.5. The summed E-state index contributed by atoms with van der Waals surface area (Å²) in [5.41, 5.74) is 2.86. The van der Waals surface area contributed by atoms with Crippen molar-refractivity contribution in [1.82, 2.24) is 19.5 Å². The van der Waals surface area contributed by atoms with Gasteiger partial charge in [0.15, 0.2) is 11.2 Å². The largest absolute Gasteiger partial charge is 0.470 e. The Morgan fingerprint density at radius 1 is 1.26 bits per heavy atom. The van der Waals surface area contributed by atoms with Crippen molar-refractivity contribution in [3.05, 3.63) is 48.0 Å². The van der Waals surface area contributed by atoms with Crippen LogP contribution in [0.1, 0.15) is 30.9 Å². The van der Waals surface area contributed by atoms with Crippen LogP contribution in [0.4, 0.5) is 0 Å². The normalized spacial score (nSPS) is 15.3. The molecule has 0 amide bonds. The number of fused-ring (bicyclic) bond motifs is 1. The number of ether oxygens (including phenoxy) is 1. The number of hydrogen-bond donors (Lipinski definition) is 0. The Hall–Kier alpha value is -2.94. The Labute approximate surface area is 133 Å². The zero-order valence-corrected chi connectivity index (χ0v) is 12.7. The molecule has 114 valence electrons. The van der Waals surface area contributed by atoms with Crippen LogP contribution >= 0.6 is 0 Å². The van der Waals surface area contributed by atoms with Crippen LogP contribution < -0.4 is 4.74 Å². The Morgan fingerprint density at radius 2 is 2.09 bits per heavy atom. The van der Waals surface area contributed by atoms with Crippen molar-refractivity contribution < 1.29 is 4.74 Å². The number of nitriles is 1. The summed E-state index contributed by atoms with van der Waals surface area (Å²) in [5.74, 6) is 0.530. The molecule has 2 aromatic heterocycles. The Balaban J connectivity index is 1.71. The summed E-state index contributed by atoms with van der Waals surface area (Å²) < 4.78 is 7.87. The lowest BCUT2D eigenvalue weighted by molar-refractivity contribution is 0.194. The van der Waals surface area contributed by atoms with Gasteiger partial charge in [-0.05, 0) is 31.4 Å². The van der Waals surface area contributed by atoms with E-state index in [1.165, 1.54) is 6.33 Å². The van der Waals surface area contributed by atoms with Crippen LogP contribution in [0.25, 0.3) is 11.2 Å². The monoisotopic (exact) mass is 305 g/mol. The van der Waals surface area contributed by atoms with E-state index in [4.69, 9.17) is 4.74 Å². The molecule has 2 heterocycles. The van der Waals surface area contributed by atoms with Crippen molar-refractivity contribution in [3.63, 3.8) is 0 Å². The molecule has 4 rings (SSSR count). The molecule has 1 saturated carbocycles. The van der Waals surface area contributed by atoms with Gasteiger partial charge >= 0.3 is 0 Å². The van der Waals surface area contributed by atoms with Gasteiger partial charge in [0.05, 0.1) is 24.5 Å². The molecule has 6 nitrogen and oxygen atoms in total. The van der Waals surface area contributed by atoms with Gasteiger partial charge in [0.25, 0.3) is 0 Å². The van der Waals surface area contributed by atoms with Crippen molar-refractivity contribution >= 4 is 11.2 Å². The molecule has 0 aliphatic heterocycles. The number of nitrogens with zero attached hydrogens (tertiary/aromatic N) is 5. The minimum absolute atomic E-state index is 0.113. The third-order valence-electron chi connectivity index (χ3n) is 4.14. The van der Waals surface area contributed by atoms with Gasteiger partial charge in [-0.25, -0.2) is 9.97 Å². The van der Waals surface area contributed by atoms with Crippen LogP contribution in [0.2, 0.25) is 0 Å². The smallest absolute Gasteiger partial charge is 0.245 e. The quantitative estimate of drug-likeness (QED) is 0.740. The fourth-order valence-corrected chi connectivity index (χ4v) is 2.51. The lowest BCUT2D eigenvalue weighted by Gasteiger charge is -2.11. The predicted octanol–water partition coefficient (Wildman–Crippen LogP) is 2.68. The van der Waals surface area contributed by atoms with E-state index in [9.17, 15) is 5.26 Å².